The van der Waals surface area contributed by atoms with Crippen molar-refractivity contribution in [3.8, 4) is 0 Å². The summed E-state index contributed by atoms with van der Waals surface area (Å²) >= 11 is 0. The van der Waals surface area contributed by atoms with Gasteiger partial charge in [-0.1, -0.05) is 37.6 Å². The first-order valence-corrected chi connectivity index (χ1v) is 6.03. The zero-order chi connectivity index (χ0) is 10.5. The lowest BCUT2D eigenvalue weighted by molar-refractivity contribution is 0.790. The zero-order valence-corrected chi connectivity index (χ0v) is 9.50. The van der Waals surface area contributed by atoms with E-state index in [0.29, 0.717) is 0 Å². The van der Waals surface area contributed by atoms with Crippen LogP contribution in [0.4, 0.5) is 0 Å². The van der Waals surface area contributed by atoms with Gasteiger partial charge in [0.1, 0.15) is 0 Å². The first-order chi connectivity index (χ1) is 7.42. The first-order valence-electron chi connectivity index (χ1n) is 6.03. The minimum absolute atomic E-state index is 1.00. The van der Waals surface area contributed by atoms with E-state index in [1.54, 1.807) is 0 Å². The molecule has 0 N–H and O–H groups in total. The van der Waals surface area contributed by atoms with Crippen LogP contribution in [-0.4, -0.2) is 12.3 Å². The summed E-state index contributed by atoms with van der Waals surface area (Å²) in [5.41, 5.74) is 4.23. The van der Waals surface area contributed by atoms with Gasteiger partial charge in [-0.3, -0.25) is 4.99 Å². The van der Waals surface area contributed by atoms with Gasteiger partial charge < -0.3 is 0 Å². The van der Waals surface area contributed by atoms with Gasteiger partial charge >= 0.3 is 0 Å². The van der Waals surface area contributed by atoms with Crippen LogP contribution in [0.3, 0.4) is 0 Å². The third-order valence-corrected chi connectivity index (χ3v) is 3.00. The molecule has 0 aromatic heterocycles. The van der Waals surface area contributed by atoms with Crippen LogP contribution < -0.4 is 0 Å². The predicted molar refractivity (Wildman–Crippen MR) is 65.7 cm³/mol. The fourth-order valence-corrected chi connectivity index (χ4v) is 2.14. The van der Waals surface area contributed by atoms with E-state index in [9.17, 15) is 0 Å². The third kappa shape index (κ3) is 2.47. The molecule has 1 aliphatic rings. The molecule has 0 saturated carbocycles. The summed E-state index contributed by atoms with van der Waals surface area (Å²) in [6.07, 6.45) is 6.11. The van der Waals surface area contributed by atoms with Gasteiger partial charge in [0.05, 0.1) is 0 Å². The molecule has 0 heterocycles. The lowest BCUT2D eigenvalue weighted by Gasteiger charge is -2.17. The zero-order valence-electron chi connectivity index (χ0n) is 9.50. The van der Waals surface area contributed by atoms with Crippen molar-refractivity contribution >= 4 is 5.71 Å². The summed E-state index contributed by atoms with van der Waals surface area (Å²) in [5, 5.41) is 0. The molecule has 0 bridgehead atoms. The molecule has 0 spiro atoms. The number of hydrogen-bond donors (Lipinski definition) is 0. The molecule has 1 aromatic carbocycles. The SMILES string of the molecule is CCCCN=C1CCCc2ccccc21. The second-order valence-electron chi connectivity index (χ2n) is 4.19. The van der Waals surface area contributed by atoms with Crippen molar-refractivity contribution in [1.29, 1.82) is 0 Å². The molecule has 0 fully saturated rings. The van der Waals surface area contributed by atoms with E-state index in [2.05, 4.69) is 31.2 Å². The molecule has 1 aliphatic carbocycles. The third-order valence-electron chi connectivity index (χ3n) is 3.00. The number of rotatable bonds is 3. The van der Waals surface area contributed by atoms with Crippen molar-refractivity contribution in [1.82, 2.24) is 0 Å². The van der Waals surface area contributed by atoms with Crippen LogP contribution >= 0.6 is 0 Å². The number of hydrogen-bond acceptors (Lipinski definition) is 1. The minimum atomic E-state index is 1.00. The minimum Gasteiger partial charge on any atom is -0.289 e. The Hall–Kier alpha value is -1.11. The molecule has 0 radical (unpaired) electrons. The van der Waals surface area contributed by atoms with Gasteiger partial charge in [0.15, 0.2) is 0 Å². The molecule has 15 heavy (non-hydrogen) atoms. The summed E-state index contributed by atoms with van der Waals surface area (Å²) in [6.45, 7) is 3.22. The van der Waals surface area contributed by atoms with Crippen molar-refractivity contribution in [2.45, 2.75) is 39.0 Å². The molecular weight excluding hydrogens is 182 g/mol. The molecule has 0 atom stereocenters. The second-order valence-corrected chi connectivity index (χ2v) is 4.19. The van der Waals surface area contributed by atoms with E-state index in [4.69, 9.17) is 4.99 Å². The highest BCUT2D eigenvalue weighted by Gasteiger charge is 2.13. The maximum Gasteiger partial charge on any atom is 0.0423 e. The van der Waals surface area contributed by atoms with Crippen molar-refractivity contribution in [2.75, 3.05) is 6.54 Å². The van der Waals surface area contributed by atoms with Crippen LogP contribution in [0.15, 0.2) is 29.3 Å². The van der Waals surface area contributed by atoms with Crippen LogP contribution in [-0.2, 0) is 6.42 Å². The molecule has 2 rings (SSSR count). The van der Waals surface area contributed by atoms with E-state index < -0.39 is 0 Å². The van der Waals surface area contributed by atoms with Crippen LogP contribution in [0, 0.1) is 0 Å². The molecular formula is C14H19N. The monoisotopic (exact) mass is 201 g/mol. The van der Waals surface area contributed by atoms with Gasteiger partial charge in [-0.25, -0.2) is 0 Å². The predicted octanol–water partition coefficient (Wildman–Crippen LogP) is 3.61. The van der Waals surface area contributed by atoms with Crippen molar-refractivity contribution in [3.63, 3.8) is 0 Å². The summed E-state index contributed by atoms with van der Waals surface area (Å²) in [5.74, 6) is 0. The molecule has 1 aromatic rings. The van der Waals surface area contributed by atoms with E-state index >= 15 is 0 Å². The molecule has 0 unspecified atom stereocenters. The smallest absolute Gasteiger partial charge is 0.0423 e. The molecule has 0 saturated heterocycles. The van der Waals surface area contributed by atoms with Gasteiger partial charge in [0, 0.05) is 12.3 Å². The Kier molecular flexibility index (Phi) is 3.54. The largest absolute Gasteiger partial charge is 0.289 e. The van der Waals surface area contributed by atoms with Gasteiger partial charge in [-0.2, -0.15) is 0 Å². The average molecular weight is 201 g/mol. The van der Waals surface area contributed by atoms with E-state index in [1.807, 2.05) is 0 Å². The van der Waals surface area contributed by atoms with Crippen molar-refractivity contribution in [3.05, 3.63) is 35.4 Å². The summed E-state index contributed by atoms with van der Waals surface area (Å²) in [4.78, 5) is 4.73. The van der Waals surface area contributed by atoms with Gasteiger partial charge in [-0.05, 0) is 36.8 Å². The Morgan fingerprint density at radius 3 is 2.93 bits per heavy atom. The topological polar surface area (TPSA) is 12.4 Å². The van der Waals surface area contributed by atoms with Crippen LogP contribution in [0.25, 0.3) is 0 Å². The quantitative estimate of drug-likeness (QED) is 0.662. The number of benzene rings is 1. The van der Waals surface area contributed by atoms with Gasteiger partial charge in [-0.15, -0.1) is 0 Å². The van der Waals surface area contributed by atoms with Gasteiger partial charge in [0.25, 0.3) is 0 Å². The Balaban J connectivity index is 2.18. The maximum absolute atomic E-state index is 4.73. The Labute approximate surface area is 92.2 Å². The van der Waals surface area contributed by atoms with E-state index in [1.165, 1.54) is 48.9 Å². The normalized spacial score (nSPS) is 17.8. The van der Waals surface area contributed by atoms with E-state index in [0.717, 1.165) is 6.54 Å². The number of unbranched alkanes of at least 4 members (excludes halogenated alkanes) is 1. The standard InChI is InChI=1S/C14H19N/c1-2-3-11-15-14-10-6-8-12-7-4-5-9-13(12)14/h4-5,7,9H,2-3,6,8,10-11H2,1H3. The summed E-state index contributed by atoms with van der Waals surface area (Å²) in [7, 11) is 0. The highest BCUT2D eigenvalue weighted by Crippen LogP contribution is 2.21. The molecule has 1 nitrogen and oxygen atoms in total. The fraction of sp³-hybridized carbons (Fsp3) is 0.500. The Morgan fingerprint density at radius 1 is 1.20 bits per heavy atom. The first kappa shape index (κ1) is 10.4. The van der Waals surface area contributed by atoms with Crippen LogP contribution in [0.1, 0.15) is 43.7 Å². The van der Waals surface area contributed by atoms with Gasteiger partial charge in [0.2, 0.25) is 0 Å². The number of aryl methyl sites for hydroxylation is 1. The second kappa shape index (κ2) is 5.11. The number of nitrogens with zero attached hydrogens (tertiary/aromatic N) is 1. The average Bonchev–Trinajstić information content (AvgIpc) is 2.30. The van der Waals surface area contributed by atoms with Crippen molar-refractivity contribution in [2.24, 2.45) is 4.99 Å². The van der Waals surface area contributed by atoms with Crippen LogP contribution in [0.2, 0.25) is 0 Å². The Bertz CT molecular complexity index is 352. The highest BCUT2D eigenvalue weighted by atomic mass is 14.7. The highest BCUT2D eigenvalue weighted by molar-refractivity contribution is 6.02. The number of fused-ring (bicyclic) bond motifs is 1. The summed E-state index contributed by atoms with van der Waals surface area (Å²) in [6, 6.07) is 8.72. The number of aliphatic imine (C=N–C) groups is 1. The molecule has 80 valence electrons. The van der Waals surface area contributed by atoms with Crippen molar-refractivity contribution < 1.29 is 0 Å². The molecule has 0 amide bonds. The lowest BCUT2D eigenvalue weighted by atomic mass is 9.90. The lowest BCUT2D eigenvalue weighted by Crippen LogP contribution is -2.12. The maximum atomic E-state index is 4.73. The summed E-state index contributed by atoms with van der Waals surface area (Å²) < 4.78 is 0. The fourth-order valence-electron chi connectivity index (χ4n) is 2.14. The molecule has 1 heteroatoms. The molecule has 0 aliphatic heterocycles. The Morgan fingerprint density at radius 2 is 2.07 bits per heavy atom. The van der Waals surface area contributed by atoms with E-state index in [-0.39, 0.29) is 0 Å². The van der Waals surface area contributed by atoms with Crippen LogP contribution in [0.5, 0.6) is 0 Å².